The zero-order valence-corrected chi connectivity index (χ0v) is 13.1. The van der Waals surface area contributed by atoms with Crippen molar-refractivity contribution < 1.29 is 14.7 Å². The molecule has 1 aromatic carbocycles. The topological polar surface area (TPSA) is 69.6 Å². The summed E-state index contributed by atoms with van der Waals surface area (Å²) in [5.74, 6) is -0.232. The first-order chi connectivity index (χ1) is 10.5. The molecule has 0 unspecified atom stereocenters. The molecule has 1 aliphatic rings. The molecule has 2 N–H and O–H groups in total. The van der Waals surface area contributed by atoms with E-state index in [1.54, 1.807) is 29.2 Å². The summed E-state index contributed by atoms with van der Waals surface area (Å²) in [4.78, 5) is 25.7. The van der Waals surface area contributed by atoms with Gasteiger partial charge in [0, 0.05) is 24.9 Å². The first kappa shape index (κ1) is 16.4. The highest BCUT2D eigenvalue weighted by Crippen LogP contribution is 2.16. The van der Waals surface area contributed by atoms with Crippen LogP contribution in [0.15, 0.2) is 35.4 Å². The normalized spacial score (nSPS) is 15.9. The summed E-state index contributed by atoms with van der Waals surface area (Å²) in [7, 11) is 0. The highest BCUT2D eigenvalue weighted by Gasteiger charge is 2.26. The number of phenols is 1. The number of carbonyl (C=O) groups is 2. The van der Waals surface area contributed by atoms with Gasteiger partial charge in [0.25, 0.3) is 0 Å². The van der Waals surface area contributed by atoms with Crippen LogP contribution < -0.4 is 5.32 Å². The Bertz CT molecular complexity index is 584. The number of benzene rings is 1. The minimum Gasteiger partial charge on any atom is -0.508 e. The molecule has 1 heterocycles. The van der Waals surface area contributed by atoms with E-state index in [0.29, 0.717) is 24.5 Å². The number of aromatic hydroxyl groups is 1. The second-order valence-electron chi connectivity index (χ2n) is 5.32. The Hall–Kier alpha value is -2.01. The molecule has 1 aliphatic heterocycles. The highest BCUT2D eigenvalue weighted by atomic mass is 35.5. The van der Waals surface area contributed by atoms with Gasteiger partial charge in [-0.15, -0.1) is 0 Å². The summed E-state index contributed by atoms with van der Waals surface area (Å²) in [6.45, 7) is 2.37. The van der Waals surface area contributed by atoms with Gasteiger partial charge in [0.2, 0.25) is 11.8 Å². The molecule has 0 saturated carbocycles. The SMILES string of the molecule is CC(=O)N[C@@H](Cc1ccc(O)cc1)C(=O)N1CCC=C(Cl)C1. The molecule has 6 heteroatoms. The Labute approximate surface area is 134 Å². The molecule has 0 radical (unpaired) electrons. The first-order valence-corrected chi connectivity index (χ1v) is 7.52. The molecule has 0 spiro atoms. The van der Waals surface area contributed by atoms with Crippen molar-refractivity contribution >= 4 is 23.4 Å². The van der Waals surface area contributed by atoms with Gasteiger partial charge in [0.15, 0.2) is 0 Å². The Morgan fingerprint density at radius 1 is 1.36 bits per heavy atom. The van der Waals surface area contributed by atoms with Crippen LogP contribution in [0.3, 0.4) is 0 Å². The fourth-order valence-electron chi connectivity index (χ4n) is 2.42. The molecule has 0 aromatic heterocycles. The lowest BCUT2D eigenvalue weighted by atomic mass is 10.0. The summed E-state index contributed by atoms with van der Waals surface area (Å²) >= 11 is 6.00. The van der Waals surface area contributed by atoms with E-state index >= 15 is 0 Å². The predicted molar refractivity (Wildman–Crippen MR) is 84.5 cm³/mol. The van der Waals surface area contributed by atoms with Gasteiger partial charge in [-0.25, -0.2) is 0 Å². The molecular formula is C16H19ClN2O3. The van der Waals surface area contributed by atoms with E-state index in [1.807, 2.05) is 6.08 Å². The van der Waals surface area contributed by atoms with Crippen molar-refractivity contribution in [1.29, 1.82) is 0 Å². The smallest absolute Gasteiger partial charge is 0.245 e. The summed E-state index contributed by atoms with van der Waals surface area (Å²) in [5, 5.41) is 12.7. The monoisotopic (exact) mass is 322 g/mol. The third-order valence-electron chi connectivity index (χ3n) is 3.47. The number of rotatable bonds is 4. The van der Waals surface area contributed by atoms with Crippen LogP contribution in [-0.2, 0) is 16.0 Å². The average molecular weight is 323 g/mol. The van der Waals surface area contributed by atoms with Crippen molar-refractivity contribution in [3.63, 3.8) is 0 Å². The molecule has 0 fully saturated rings. The van der Waals surface area contributed by atoms with Crippen LogP contribution in [0.25, 0.3) is 0 Å². The van der Waals surface area contributed by atoms with Crippen LogP contribution in [0.5, 0.6) is 5.75 Å². The Kier molecular flexibility index (Phi) is 5.44. The van der Waals surface area contributed by atoms with Crippen LogP contribution >= 0.6 is 11.6 Å². The fourth-order valence-corrected chi connectivity index (χ4v) is 2.68. The van der Waals surface area contributed by atoms with Crippen molar-refractivity contribution in [3.8, 4) is 5.75 Å². The van der Waals surface area contributed by atoms with E-state index in [4.69, 9.17) is 11.6 Å². The minimum absolute atomic E-state index is 0.144. The molecule has 5 nitrogen and oxygen atoms in total. The molecule has 2 rings (SSSR count). The molecule has 2 amide bonds. The summed E-state index contributed by atoms with van der Waals surface area (Å²) in [6, 6.07) is 5.96. The third kappa shape index (κ3) is 4.49. The Morgan fingerprint density at radius 3 is 2.64 bits per heavy atom. The summed E-state index contributed by atoms with van der Waals surface area (Å²) in [5.41, 5.74) is 0.864. The maximum absolute atomic E-state index is 12.6. The van der Waals surface area contributed by atoms with Gasteiger partial charge in [0.05, 0.1) is 6.54 Å². The van der Waals surface area contributed by atoms with Crippen molar-refractivity contribution in [2.75, 3.05) is 13.1 Å². The molecule has 1 aromatic rings. The third-order valence-corrected chi connectivity index (χ3v) is 3.74. The average Bonchev–Trinajstić information content (AvgIpc) is 2.47. The lowest BCUT2D eigenvalue weighted by Gasteiger charge is -2.29. The molecule has 1 atom stereocenters. The van der Waals surface area contributed by atoms with Gasteiger partial charge in [0.1, 0.15) is 11.8 Å². The lowest BCUT2D eigenvalue weighted by Crippen LogP contribution is -2.50. The number of halogens is 1. The van der Waals surface area contributed by atoms with Crippen molar-refractivity contribution in [1.82, 2.24) is 10.2 Å². The largest absolute Gasteiger partial charge is 0.508 e. The minimum atomic E-state index is -0.635. The van der Waals surface area contributed by atoms with Gasteiger partial charge in [-0.2, -0.15) is 0 Å². The first-order valence-electron chi connectivity index (χ1n) is 7.14. The van der Waals surface area contributed by atoms with E-state index in [-0.39, 0.29) is 17.6 Å². The van der Waals surface area contributed by atoms with Crippen LogP contribution in [0, 0.1) is 0 Å². The Balaban J connectivity index is 2.11. The molecule has 0 saturated heterocycles. The summed E-state index contributed by atoms with van der Waals surface area (Å²) in [6.07, 6.45) is 2.99. The summed E-state index contributed by atoms with van der Waals surface area (Å²) < 4.78 is 0. The number of phenolic OH excluding ortho intramolecular Hbond substituents is 1. The molecule has 0 bridgehead atoms. The van der Waals surface area contributed by atoms with E-state index in [0.717, 1.165) is 12.0 Å². The van der Waals surface area contributed by atoms with Crippen LogP contribution in [0.1, 0.15) is 18.9 Å². The number of nitrogens with zero attached hydrogens (tertiary/aromatic N) is 1. The number of carbonyl (C=O) groups excluding carboxylic acids is 2. The maximum Gasteiger partial charge on any atom is 0.245 e. The fraction of sp³-hybridized carbons (Fsp3) is 0.375. The van der Waals surface area contributed by atoms with E-state index < -0.39 is 6.04 Å². The van der Waals surface area contributed by atoms with E-state index in [2.05, 4.69) is 5.32 Å². The van der Waals surface area contributed by atoms with Crippen LogP contribution in [-0.4, -0.2) is 41.0 Å². The second-order valence-corrected chi connectivity index (χ2v) is 5.81. The van der Waals surface area contributed by atoms with Gasteiger partial charge in [-0.05, 0) is 24.1 Å². The number of nitrogens with one attached hydrogen (secondary N) is 1. The highest BCUT2D eigenvalue weighted by molar-refractivity contribution is 6.30. The zero-order valence-electron chi connectivity index (χ0n) is 12.4. The van der Waals surface area contributed by atoms with Gasteiger partial charge in [-0.3, -0.25) is 9.59 Å². The van der Waals surface area contributed by atoms with Gasteiger partial charge in [-0.1, -0.05) is 29.8 Å². The van der Waals surface area contributed by atoms with Crippen molar-refractivity contribution in [2.24, 2.45) is 0 Å². The molecule has 118 valence electrons. The van der Waals surface area contributed by atoms with Gasteiger partial charge >= 0.3 is 0 Å². The molecular weight excluding hydrogens is 304 g/mol. The number of hydrogen-bond acceptors (Lipinski definition) is 3. The van der Waals surface area contributed by atoms with E-state index in [9.17, 15) is 14.7 Å². The number of hydrogen-bond donors (Lipinski definition) is 2. The maximum atomic E-state index is 12.6. The second kappa shape index (κ2) is 7.31. The van der Waals surface area contributed by atoms with Crippen LogP contribution in [0.4, 0.5) is 0 Å². The van der Waals surface area contributed by atoms with Gasteiger partial charge < -0.3 is 15.3 Å². The quantitative estimate of drug-likeness (QED) is 0.888. The number of amides is 2. The van der Waals surface area contributed by atoms with Crippen molar-refractivity contribution in [3.05, 3.63) is 40.9 Å². The lowest BCUT2D eigenvalue weighted by molar-refractivity contribution is -0.135. The Morgan fingerprint density at radius 2 is 2.05 bits per heavy atom. The predicted octanol–water partition coefficient (Wildman–Crippen LogP) is 1.79. The van der Waals surface area contributed by atoms with Crippen molar-refractivity contribution in [2.45, 2.75) is 25.8 Å². The zero-order chi connectivity index (χ0) is 16.1. The standard InChI is InChI=1S/C16H19ClN2O3/c1-11(20)18-15(9-12-4-6-14(21)7-5-12)16(22)19-8-2-3-13(17)10-19/h3-7,15,21H,2,8-10H2,1H3,(H,18,20)/t15-/m0/s1. The molecule has 22 heavy (non-hydrogen) atoms. The molecule has 0 aliphatic carbocycles. The van der Waals surface area contributed by atoms with E-state index in [1.165, 1.54) is 6.92 Å². The van der Waals surface area contributed by atoms with Crippen LogP contribution in [0.2, 0.25) is 0 Å².